The second-order valence-electron chi connectivity index (χ2n) is 3.72. The zero-order chi connectivity index (χ0) is 14.7. The van der Waals surface area contributed by atoms with Crippen LogP contribution in [0, 0.1) is 10.1 Å². The predicted octanol–water partition coefficient (Wildman–Crippen LogP) is 4.64. The number of hydrogen-bond acceptors (Lipinski definition) is 4. The molecular weight excluding hydrogens is 371 g/mol. The predicted molar refractivity (Wildman–Crippen MR) is 79.4 cm³/mol. The first-order valence-electron chi connectivity index (χ1n) is 5.35. The van der Waals surface area contributed by atoms with Gasteiger partial charge < -0.3 is 4.74 Å². The summed E-state index contributed by atoms with van der Waals surface area (Å²) >= 11 is 14.8. The molecule has 2 aromatic rings. The highest BCUT2D eigenvalue weighted by Gasteiger charge is 2.16. The zero-order valence-corrected chi connectivity index (χ0v) is 12.9. The van der Waals surface area contributed by atoms with Gasteiger partial charge in [0, 0.05) is 11.6 Å². The van der Waals surface area contributed by atoms with E-state index >= 15 is 0 Å². The Bertz CT molecular complexity index is 667. The van der Waals surface area contributed by atoms with Crippen molar-refractivity contribution in [2.45, 2.75) is 6.61 Å². The molecule has 0 fully saturated rings. The van der Waals surface area contributed by atoms with E-state index in [0.717, 1.165) is 0 Å². The Morgan fingerprint density at radius 3 is 2.70 bits per heavy atom. The third-order valence-electron chi connectivity index (χ3n) is 2.41. The van der Waals surface area contributed by atoms with Gasteiger partial charge in [0.25, 0.3) is 5.69 Å². The fourth-order valence-corrected chi connectivity index (χ4v) is 2.38. The third-order valence-corrected chi connectivity index (χ3v) is 3.75. The minimum Gasteiger partial charge on any atom is -0.487 e. The number of pyridine rings is 1. The van der Waals surface area contributed by atoms with Crippen molar-refractivity contribution in [3.05, 3.63) is 60.8 Å². The first-order chi connectivity index (χ1) is 9.49. The van der Waals surface area contributed by atoms with Crippen molar-refractivity contribution in [1.29, 1.82) is 0 Å². The van der Waals surface area contributed by atoms with Gasteiger partial charge in [-0.2, -0.15) is 0 Å². The van der Waals surface area contributed by atoms with Gasteiger partial charge >= 0.3 is 0 Å². The molecule has 0 aliphatic carbocycles. The standard InChI is InChI=1S/C12H7BrCl2N2O3/c13-11-8(17(18)19)2-1-3-9(11)20-6-7-4-5-10(14)16-12(7)15/h1-5H,6H2. The number of hydrogen-bond donors (Lipinski definition) is 0. The Morgan fingerprint density at radius 1 is 1.30 bits per heavy atom. The summed E-state index contributed by atoms with van der Waals surface area (Å²) in [4.78, 5) is 14.2. The van der Waals surface area contributed by atoms with Gasteiger partial charge in [-0.05, 0) is 34.1 Å². The minimum absolute atomic E-state index is 0.0668. The second kappa shape index (κ2) is 6.39. The zero-order valence-electron chi connectivity index (χ0n) is 9.85. The number of rotatable bonds is 4. The second-order valence-corrected chi connectivity index (χ2v) is 5.26. The monoisotopic (exact) mass is 376 g/mol. The van der Waals surface area contributed by atoms with E-state index in [1.54, 1.807) is 24.3 Å². The van der Waals surface area contributed by atoms with Crippen LogP contribution in [0.5, 0.6) is 5.75 Å². The van der Waals surface area contributed by atoms with E-state index in [1.165, 1.54) is 6.07 Å². The van der Waals surface area contributed by atoms with Crippen LogP contribution in [0.1, 0.15) is 5.56 Å². The van der Waals surface area contributed by atoms with Crippen molar-refractivity contribution < 1.29 is 9.66 Å². The van der Waals surface area contributed by atoms with Gasteiger partial charge in [-0.3, -0.25) is 10.1 Å². The average molecular weight is 378 g/mol. The van der Waals surface area contributed by atoms with Crippen LogP contribution in [-0.4, -0.2) is 9.91 Å². The molecule has 0 unspecified atom stereocenters. The maximum Gasteiger partial charge on any atom is 0.287 e. The van der Waals surface area contributed by atoms with Crippen LogP contribution in [0.3, 0.4) is 0 Å². The van der Waals surface area contributed by atoms with E-state index in [1.807, 2.05) is 0 Å². The molecule has 0 saturated carbocycles. The number of benzene rings is 1. The molecule has 1 aromatic carbocycles. The third kappa shape index (κ3) is 3.39. The molecule has 0 saturated heterocycles. The topological polar surface area (TPSA) is 65.3 Å². The number of ether oxygens (including phenoxy) is 1. The number of halogens is 3. The molecule has 5 nitrogen and oxygen atoms in total. The summed E-state index contributed by atoms with van der Waals surface area (Å²) < 4.78 is 5.80. The molecule has 0 N–H and O–H groups in total. The molecule has 20 heavy (non-hydrogen) atoms. The summed E-state index contributed by atoms with van der Waals surface area (Å²) in [6, 6.07) is 7.82. The SMILES string of the molecule is O=[N+]([O-])c1cccc(OCc2ccc(Cl)nc2Cl)c1Br. The fourth-order valence-electron chi connectivity index (χ4n) is 1.46. The molecule has 0 radical (unpaired) electrons. The lowest BCUT2D eigenvalue weighted by atomic mass is 10.3. The summed E-state index contributed by atoms with van der Waals surface area (Å²) in [7, 11) is 0. The average Bonchev–Trinajstić information content (AvgIpc) is 2.39. The number of aromatic nitrogens is 1. The van der Waals surface area contributed by atoms with Crippen LogP contribution in [0.15, 0.2) is 34.8 Å². The lowest BCUT2D eigenvalue weighted by Gasteiger charge is -2.09. The van der Waals surface area contributed by atoms with Crippen LogP contribution in [0.2, 0.25) is 10.3 Å². The highest BCUT2D eigenvalue weighted by atomic mass is 79.9. The summed E-state index contributed by atoms with van der Waals surface area (Å²) in [5.74, 6) is 0.352. The smallest absolute Gasteiger partial charge is 0.287 e. The van der Waals surface area contributed by atoms with Crippen LogP contribution in [-0.2, 0) is 6.61 Å². The van der Waals surface area contributed by atoms with Gasteiger partial charge in [-0.25, -0.2) is 4.98 Å². The number of nitro benzene ring substituents is 1. The molecule has 0 aliphatic rings. The molecule has 0 amide bonds. The Hall–Kier alpha value is -1.37. The molecule has 104 valence electrons. The molecule has 2 rings (SSSR count). The lowest BCUT2D eigenvalue weighted by Crippen LogP contribution is -1.99. The Balaban J connectivity index is 2.19. The Kier molecular flexibility index (Phi) is 4.80. The molecule has 0 atom stereocenters. The van der Waals surface area contributed by atoms with E-state index in [2.05, 4.69) is 20.9 Å². The molecule has 0 bridgehead atoms. The fraction of sp³-hybridized carbons (Fsp3) is 0.0833. The van der Waals surface area contributed by atoms with Crippen LogP contribution in [0.25, 0.3) is 0 Å². The largest absolute Gasteiger partial charge is 0.487 e. The van der Waals surface area contributed by atoms with Gasteiger partial charge in [-0.1, -0.05) is 29.3 Å². The maximum absolute atomic E-state index is 10.8. The van der Waals surface area contributed by atoms with E-state index in [9.17, 15) is 10.1 Å². The molecular formula is C12H7BrCl2N2O3. The van der Waals surface area contributed by atoms with Crippen molar-refractivity contribution in [3.8, 4) is 5.75 Å². The quantitative estimate of drug-likeness (QED) is 0.442. The van der Waals surface area contributed by atoms with Gasteiger partial charge in [0.05, 0.1) is 4.92 Å². The molecule has 0 spiro atoms. The van der Waals surface area contributed by atoms with Crippen molar-refractivity contribution >= 4 is 44.8 Å². The normalized spacial score (nSPS) is 10.3. The molecule has 0 aliphatic heterocycles. The van der Waals surface area contributed by atoms with Crippen molar-refractivity contribution in [2.75, 3.05) is 0 Å². The van der Waals surface area contributed by atoms with E-state index in [4.69, 9.17) is 27.9 Å². The van der Waals surface area contributed by atoms with Crippen LogP contribution < -0.4 is 4.74 Å². The Morgan fingerprint density at radius 2 is 2.05 bits per heavy atom. The first kappa shape index (κ1) is 15.0. The van der Waals surface area contributed by atoms with Crippen molar-refractivity contribution in [2.24, 2.45) is 0 Å². The highest BCUT2D eigenvalue weighted by Crippen LogP contribution is 2.34. The van der Waals surface area contributed by atoms with Gasteiger partial charge in [0.2, 0.25) is 0 Å². The van der Waals surface area contributed by atoms with Gasteiger partial charge in [0.15, 0.2) is 0 Å². The van der Waals surface area contributed by atoms with Crippen molar-refractivity contribution in [1.82, 2.24) is 4.98 Å². The van der Waals surface area contributed by atoms with E-state index in [-0.39, 0.29) is 27.1 Å². The number of nitro groups is 1. The lowest BCUT2D eigenvalue weighted by molar-refractivity contribution is -0.385. The first-order valence-corrected chi connectivity index (χ1v) is 6.90. The molecule has 1 aromatic heterocycles. The highest BCUT2D eigenvalue weighted by molar-refractivity contribution is 9.10. The van der Waals surface area contributed by atoms with Crippen LogP contribution >= 0.6 is 39.1 Å². The minimum atomic E-state index is -0.492. The Labute approximate surface area is 132 Å². The van der Waals surface area contributed by atoms with Crippen LogP contribution in [0.4, 0.5) is 5.69 Å². The summed E-state index contributed by atoms with van der Waals surface area (Å²) in [6.07, 6.45) is 0. The van der Waals surface area contributed by atoms with Crippen molar-refractivity contribution in [3.63, 3.8) is 0 Å². The maximum atomic E-state index is 10.8. The number of nitrogens with zero attached hydrogens (tertiary/aromatic N) is 2. The summed E-state index contributed by atoms with van der Waals surface area (Å²) in [5.41, 5.74) is 0.567. The van der Waals surface area contributed by atoms with Gasteiger partial charge in [0.1, 0.15) is 27.1 Å². The summed E-state index contributed by atoms with van der Waals surface area (Å²) in [5, 5.41) is 11.3. The van der Waals surface area contributed by atoms with E-state index < -0.39 is 4.92 Å². The molecule has 1 heterocycles. The van der Waals surface area contributed by atoms with Gasteiger partial charge in [-0.15, -0.1) is 0 Å². The van der Waals surface area contributed by atoms with E-state index in [0.29, 0.717) is 11.3 Å². The summed E-state index contributed by atoms with van der Waals surface area (Å²) in [6.45, 7) is 0.128. The molecule has 8 heteroatoms.